The summed E-state index contributed by atoms with van der Waals surface area (Å²) in [5.41, 5.74) is 21.1. The van der Waals surface area contributed by atoms with Crippen LogP contribution >= 0.6 is 0 Å². The van der Waals surface area contributed by atoms with E-state index in [0.29, 0.717) is 81.0 Å². The first-order chi connectivity index (χ1) is 67.7. The molecule has 0 spiro atoms. The molecule has 12 heterocycles. The standard InChI is InChI=1S/C30H38N6O2.C29H36N6O.C26H30N6O2.C25H28N6O/c1-20(2)36-29-24(19-35(30(36)37)28-21(3)8-7-9-22(28)4)18-31-27(32-29)16-23-10-11-25(17-26(23)38-6)34-14-12-33(5)13-15-34;1-20(2)35-28-24(19-34(29(35)36)27-21(3)7-6-8-22(27)4)18-30-26(31-28)17-23-9-11-25(12-10-23)33-15-13-32(5)14-16-33;1-29-11-13-31(14-12-29)22-10-9-19(23(16-22)34-3)15-24-27-17-20-18-32(21-7-5-4-6-8-21)26(33)30(2)25(20)28-24;1-28-12-14-30(15-13-28)21-10-8-19(9-11-21)16-23-26-17-20-18-31(22-6-4-3-5-7-22)25(32)29(2)24(20)27-23/h7-11,17-18,20H,12-16,19H2,1-6H3;6-12,18,20H,13-17,19H2,1-5H3;4-10,16-17H,11-15,18H2,1-3H3;3-11,17H,12-16,18H2,1-2H3. The average molecular weight is 1890 g/mol. The zero-order valence-electron chi connectivity index (χ0n) is 83.9. The number of carbonyl (C=O) groups excluding carboxylic acids is 4. The number of hydrogen-bond donors (Lipinski definition) is 0. The smallest absolute Gasteiger partial charge is 0.330 e. The van der Waals surface area contributed by atoms with Gasteiger partial charge in [-0.05, 0) is 178 Å². The summed E-state index contributed by atoms with van der Waals surface area (Å²) in [5.74, 6) is 7.26. The highest BCUT2D eigenvalue weighted by Crippen LogP contribution is 2.41. The number of urea groups is 4. The van der Waals surface area contributed by atoms with Crippen LogP contribution in [0.2, 0.25) is 0 Å². The number of anilines is 12. The van der Waals surface area contributed by atoms with Crippen LogP contribution in [-0.2, 0) is 51.9 Å². The Balaban J connectivity index is 0.000000129. The fourth-order valence-corrected chi connectivity index (χ4v) is 19.6. The van der Waals surface area contributed by atoms with Crippen LogP contribution in [0.15, 0.2) is 207 Å². The summed E-state index contributed by atoms with van der Waals surface area (Å²) in [6.45, 7) is 35.0. The molecule has 0 unspecified atom stereocenters. The van der Waals surface area contributed by atoms with E-state index in [2.05, 4.69) is 188 Å². The van der Waals surface area contributed by atoms with Gasteiger partial charge in [0.25, 0.3) is 0 Å². The molecular formula is C110H132N24O6. The molecule has 4 saturated heterocycles. The van der Waals surface area contributed by atoms with Gasteiger partial charge in [0, 0.05) is 261 Å². The van der Waals surface area contributed by atoms with Crippen LogP contribution in [0, 0.1) is 27.7 Å². The van der Waals surface area contributed by atoms with Crippen molar-refractivity contribution in [3.05, 3.63) is 297 Å². The molecule has 140 heavy (non-hydrogen) atoms. The molecule has 8 aromatic carbocycles. The van der Waals surface area contributed by atoms with Crippen LogP contribution in [0.25, 0.3) is 0 Å². The maximum atomic E-state index is 13.8. The Labute approximate surface area is 824 Å². The van der Waals surface area contributed by atoms with Gasteiger partial charge >= 0.3 is 24.1 Å². The number of hydrogen-bond acceptors (Lipinski definition) is 22. The van der Waals surface area contributed by atoms with E-state index in [9.17, 15) is 19.2 Å². The van der Waals surface area contributed by atoms with Gasteiger partial charge in [-0.2, -0.15) is 0 Å². The molecule has 20 rings (SSSR count). The highest BCUT2D eigenvalue weighted by atomic mass is 16.5. The summed E-state index contributed by atoms with van der Waals surface area (Å²) >= 11 is 0. The molecule has 8 aliphatic rings. The van der Waals surface area contributed by atoms with E-state index in [1.165, 1.54) is 33.9 Å². The van der Waals surface area contributed by atoms with Gasteiger partial charge in [0.1, 0.15) is 58.1 Å². The van der Waals surface area contributed by atoms with E-state index in [-0.39, 0.29) is 36.2 Å². The third kappa shape index (κ3) is 21.9. The maximum absolute atomic E-state index is 13.8. The second kappa shape index (κ2) is 43.5. The fraction of sp³-hybridized carbons (Fsp3) is 0.382. The van der Waals surface area contributed by atoms with Crippen LogP contribution in [0.1, 0.15) is 118 Å². The minimum absolute atomic E-state index is 0.0194. The van der Waals surface area contributed by atoms with Crippen LogP contribution in [-0.4, -0.2) is 257 Å². The summed E-state index contributed by atoms with van der Waals surface area (Å²) < 4.78 is 11.5. The number of nitrogens with zero attached hydrogens (tertiary/aromatic N) is 24. The fourth-order valence-electron chi connectivity index (χ4n) is 19.6. The number of benzene rings is 8. The lowest BCUT2D eigenvalue weighted by Gasteiger charge is -2.39. The number of amides is 8. The Bertz CT molecular complexity index is 6340. The Hall–Kier alpha value is -14.2. The number of carbonyl (C=O) groups is 4. The van der Waals surface area contributed by atoms with Crippen molar-refractivity contribution in [3.8, 4) is 11.5 Å². The van der Waals surface area contributed by atoms with Crippen molar-refractivity contribution in [3.63, 3.8) is 0 Å². The van der Waals surface area contributed by atoms with Gasteiger partial charge in [0.05, 0.1) is 51.8 Å². The molecule has 12 aromatic rings. The Morgan fingerprint density at radius 2 is 0.571 bits per heavy atom. The molecule has 0 saturated carbocycles. The summed E-state index contributed by atoms with van der Waals surface area (Å²) in [7, 11) is 15.6. The van der Waals surface area contributed by atoms with E-state index in [0.717, 1.165) is 212 Å². The molecule has 0 aliphatic carbocycles. The number of likely N-dealkylation sites (N-methyl/N-ethyl adjacent to an activating group) is 4. The number of rotatable bonds is 20. The molecule has 0 radical (unpaired) electrons. The topological polar surface area (TPSA) is 242 Å². The van der Waals surface area contributed by atoms with Crippen LogP contribution < -0.4 is 68.3 Å². The molecule has 728 valence electrons. The molecule has 0 N–H and O–H groups in total. The zero-order chi connectivity index (χ0) is 98.1. The van der Waals surface area contributed by atoms with E-state index in [4.69, 9.17) is 39.4 Å². The molecule has 8 aliphatic heterocycles. The Kier molecular flexibility index (Phi) is 30.2. The van der Waals surface area contributed by atoms with Gasteiger partial charge in [-0.15, -0.1) is 0 Å². The summed E-state index contributed by atoms with van der Waals surface area (Å²) in [4.78, 5) is 125. The predicted molar refractivity (Wildman–Crippen MR) is 560 cm³/mol. The van der Waals surface area contributed by atoms with Crippen molar-refractivity contribution in [1.82, 2.24) is 59.5 Å². The predicted octanol–water partition coefficient (Wildman–Crippen LogP) is 16.4. The lowest BCUT2D eigenvalue weighted by atomic mass is 10.1. The molecule has 4 fully saturated rings. The number of fused-ring (bicyclic) bond motifs is 4. The molecule has 8 amide bonds. The number of methoxy groups -OCH3 is 2. The Morgan fingerprint density at radius 3 is 0.879 bits per heavy atom. The molecule has 0 atom stereocenters. The second-order valence-electron chi connectivity index (χ2n) is 38.4. The number of piperazine rings is 4. The van der Waals surface area contributed by atoms with E-state index in [1.54, 1.807) is 52.8 Å². The summed E-state index contributed by atoms with van der Waals surface area (Å²) in [5, 5.41) is 0. The highest BCUT2D eigenvalue weighted by molar-refractivity contribution is 6.09. The molecule has 30 heteroatoms. The highest BCUT2D eigenvalue weighted by Gasteiger charge is 2.40. The van der Waals surface area contributed by atoms with E-state index in [1.807, 2.05) is 166 Å². The lowest BCUT2D eigenvalue weighted by Crippen LogP contribution is -2.51. The van der Waals surface area contributed by atoms with Gasteiger partial charge in [-0.25, -0.2) is 59.0 Å². The van der Waals surface area contributed by atoms with Crippen molar-refractivity contribution in [2.45, 2.75) is 119 Å². The van der Waals surface area contributed by atoms with Gasteiger partial charge < -0.3 is 48.7 Å². The number of aryl methyl sites for hydroxylation is 4. The molecule has 0 bridgehead atoms. The zero-order valence-corrected chi connectivity index (χ0v) is 83.9. The number of ether oxygens (including phenoxy) is 2. The first kappa shape index (κ1) is 97.4. The minimum atomic E-state index is -0.0996. The number of para-hydroxylation sites is 4. The van der Waals surface area contributed by atoms with Crippen LogP contribution in [0.4, 0.5) is 87.9 Å². The second-order valence-corrected chi connectivity index (χ2v) is 38.4. The van der Waals surface area contributed by atoms with Crippen molar-refractivity contribution in [2.75, 3.05) is 220 Å². The van der Waals surface area contributed by atoms with Gasteiger partial charge in [-0.1, -0.05) is 109 Å². The van der Waals surface area contributed by atoms with E-state index >= 15 is 0 Å². The van der Waals surface area contributed by atoms with Gasteiger partial charge in [0.15, 0.2) is 0 Å². The molecule has 30 nitrogen and oxygen atoms in total. The Morgan fingerprint density at radius 1 is 0.293 bits per heavy atom. The third-order valence-corrected chi connectivity index (χ3v) is 27.8. The monoisotopic (exact) mass is 1890 g/mol. The third-order valence-electron chi connectivity index (χ3n) is 27.8. The van der Waals surface area contributed by atoms with Crippen molar-refractivity contribution >= 4 is 92.9 Å². The first-order valence-corrected chi connectivity index (χ1v) is 48.9. The van der Waals surface area contributed by atoms with Crippen LogP contribution in [0.5, 0.6) is 11.5 Å². The van der Waals surface area contributed by atoms with Crippen LogP contribution in [0.3, 0.4) is 0 Å². The first-order valence-electron chi connectivity index (χ1n) is 48.9. The van der Waals surface area contributed by atoms with Crippen molar-refractivity contribution < 1.29 is 28.7 Å². The van der Waals surface area contributed by atoms with Gasteiger partial charge in [0.2, 0.25) is 0 Å². The molecular weight excluding hydrogens is 1750 g/mol. The van der Waals surface area contributed by atoms with Gasteiger partial charge in [-0.3, -0.25) is 39.2 Å². The normalized spacial score (nSPS) is 16.6. The maximum Gasteiger partial charge on any atom is 0.330 e. The van der Waals surface area contributed by atoms with Crippen molar-refractivity contribution in [2.24, 2.45) is 0 Å². The lowest BCUT2D eigenvalue weighted by molar-refractivity contribution is 0.247. The molecule has 4 aromatic heterocycles. The minimum Gasteiger partial charge on any atom is -0.496 e. The number of aromatic nitrogens is 8. The summed E-state index contributed by atoms with van der Waals surface area (Å²) in [6, 6.07) is 61.5. The average Bonchev–Trinajstić information content (AvgIpc) is 0.860. The van der Waals surface area contributed by atoms with Crippen molar-refractivity contribution in [1.29, 1.82) is 0 Å². The largest absolute Gasteiger partial charge is 0.496 e. The van der Waals surface area contributed by atoms with E-state index < -0.39 is 0 Å². The SMILES string of the molecule is CN1CCN(c2ccc(Cc3ncc4c(n3)N(C)C(=O)N(c3ccccc3)C4)cc2)CC1.COc1cc(N2CCN(C)CC2)ccc1Cc1ncc2c(n1)N(C(C)C)C(=O)N(c1c(C)cccc1C)C2.COc1cc(N2CCN(C)CC2)ccc1Cc1ncc2c(n1)N(C)C(=O)N(c1ccccc1)C2.Cc1cccc(C)c1N1Cc2cnc(Cc3ccc(N4CCN(C)CC4)cc3)nc2N(C(C)C)C1=O. The quantitative estimate of drug-likeness (QED) is 0.0688. The summed E-state index contributed by atoms with van der Waals surface area (Å²) in [6.07, 6.45) is 9.81.